The van der Waals surface area contributed by atoms with Crippen LogP contribution in [0.25, 0.3) is 4.96 Å². The Morgan fingerprint density at radius 1 is 1.59 bits per heavy atom. The fourth-order valence-corrected chi connectivity index (χ4v) is 2.21. The van der Waals surface area contributed by atoms with Crippen LogP contribution in [0.15, 0.2) is 17.8 Å². The average molecular weight is 252 g/mol. The highest BCUT2D eigenvalue weighted by molar-refractivity contribution is 7.15. The molecule has 0 unspecified atom stereocenters. The highest BCUT2D eigenvalue weighted by Crippen LogP contribution is 2.10. The number of thiazole rings is 1. The molecule has 2 aromatic heterocycles. The van der Waals surface area contributed by atoms with Crippen molar-refractivity contribution in [2.45, 2.75) is 19.9 Å². The maximum absolute atomic E-state index is 11.3. The molecule has 2 aromatic rings. The molecule has 92 valence electrons. The van der Waals surface area contributed by atoms with Crippen LogP contribution in [-0.2, 0) is 11.3 Å². The molecular formula is C11H16N4OS. The minimum Gasteiger partial charge on any atom is -0.355 e. The summed E-state index contributed by atoms with van der Waals surface area (Å²) in [4.78, 5) is 16.7. The summed E-state index contributed by atoms with van der Waals surface area (Å²) in [5, 5.41) is 7.89. The SMILES string of the molecule is CCCNC(=O)CNCc1cn2ccsc2n1. The first-order valence-electron chi connectivity index (χ1n) is 5.68. The van der Waals surface area contributed by atoms with E-state index >= 15 is 0 Å². The maximum Gasteiger partial charge on any atom is 0.233 e. The van der Waals surface area contributed by atoms with E-state index in [0.29, 0.717) is 13.1 Å². The number of fused-ring (bicyclic) bond motifs is 1. The molecule has 6 heteroatoms. The van der Waals surface area contributed by atoms with E-state index in [1.807, 2.05) is 29.1 Å². The van der Waals surface area contributed by atoms with Gasteiger partial charge in [0.1, 0.15) is 0 Å². The second-order valence-electron chi connectivity index (χ2n) is 3.78. The third kappa shape index (κ3) is 3.28. The summed E-state index contributed by atoms with van der Waals surface area (Å²) in [6.07, 6.45) is 4.91. The largest absolute Gasteiger partial charge is 0.355 e. The minimum atomic E-state index is 0.0351. The number of nitrogens with zero attached hydrogens (tertiary/aromatic N) is 2. The number of rotatable bonds is 6. The van der Waals surface area contributed by atoms with E-state index in [1.165, 1.54) is 0 Å². The topological polar surface area (TPSA) is 58.4 Å². The predicted molar refractivity (Wildman–Crippen MR) is 68.1 cm³/mol. The third-order valence-electron chi connectivity index (χ3n) is 2.31. The van der Waals surface area contributed by atoms with Crippen molar-refractivity contribution in [3.05, 3.63) is 23.5 Å². The summed E-state index contributed by atoms with van der Waals surface area (Å²) in [6.45, 7) is 3.73. The first kappa shape index (κ1) is 12.1. The molecule has 0 saturated heterocycles. The average Bonchev–Trinajstić information content (AvgIpc) is 2.86. The number of amides is 1. The quantitative estimate of drug-likeness (QED) is 0.806. The van der Waals surface area contributed by atoms with Gasteiger partial charge in [0.05, 0.1) is 12.2 Å². The van der Waals surface area contributed by atoms with E-state index in [0.717, 1.165) is 23.6 Å². The van der Waals surface area contributed by atoms with Crippen LogP contribution in [0, 0.1) is 0 Å². The molecule has 2 N–H and O–H groups in total. The van der Waals surface area contributed by atoms with Crippen molar-refractivity contribution in [1.29, 1.82) is 0 Å². The van der Waals surface area contributed by atoms with Crippen molar-refractivity contribution < 1.29 is 4.79 Å². The number of carbonyl (C=O) groups excluding carboxylic acids is 1. The van der Waals surface area contributed by atoms with E-state index in [-0.39, 0.29) is 5.91 Å². The normalized spacial score (nSPS) is 10.9. The van der Waals surface area contributed by atoms with Gasteiger partial charge in [-0.1, -0.05) is 6.92 Å². The zero-order chi connectivity index (χ0) is 12.1. The highest BCUT2D eigenvalue weighted by Gasteiger charge is 2.03. The smallest absolute Gasteiger partial charge is 0.233 e. The predicted octanol–water partition coefficient (Wildman–Crippen LogP) is 1.01. The lowest BCUT2D eigenvalue weighted by molar-refractivity contribution is -0.120. The molecule has 0 aliphatic rings. The molecule has 2 rings (SSSR count). The molecule has 5 nitrogen and oxygen atoms in total. The van der Waals surface area contributed by atoms with Gasteiger partial charge in [-0.25, -0.2) is 4.98 Å². The molecule has 0 bridgehead atoms. The van der Waals surface area contributed by atoms with E-state index in [9.17, 15) is 4.79 Å². The molecule has 17 heavy (non-hydrogen) atoms. The molecule has 0 aromatic carbocycles. The minimum absolute atomic E-state index is 0.0351. The molecule has 2 heterocycles. The lowest BCUT2D eigenvalue weighted by atomic mass is 10.4. The maximum atomic E-state index is 11.3. The molecule has 0 atom stereocenters. The van der Waals surface area contributed by atoms with Crippen LogP contribution in [0.3, 0.4) is 0 Å². The standard InChI is InChI=1S/C11H16N4OS/c1-2-3-13-10(16)7-12-6-9-8-15-4-5-17-11(15)14-9/h4-5,8,12H,2-3,6-7H2,1H3,(H,13,16). The Morgan fingerprint density at radius 3 is 3.24 bits per heavy atom. The van der Waals surface area contributed by atoms with Gasteiger partial charge >= 0.3 is 0 Å². The highest BCUT2D eigenvalue weighted by atomic mass is 32.1. The summed E-state index contributed by atoms with van der Waals surface area (Å²) in [5.74, 6) is 0.0351. The number of hydrogen-bond acceptors (Lipinski definition) is 4. The first-order valence-corrected chi connectivity index (χ1v) is 6.56. The number of hydrogen-bond donors (Lipinski definition) is 2. The fourth-order valence-electron chi connectivity index (χ4n) is 1.49. The van der Waals surface area contributed by atoms with E-state index in [4.69, 9.17) is 0 Å². The van der Waals surface area contributed by atoms with E-state index in [2.05, 4.69) is 15.6 Å². The van der Waals surface area contributed by atoms with E-state index < -0.39 is 0 Å². The lowest BCUT2D eigenvalue weighted by Gasteiger charge is -2.03. The zero-order valence-electron chi connectivity index (χ0n) is 9.77. The Kier molecular flexibility index (Phi) is 4.11. The van der Waals surface area contributed by atoms with E-state index in [1.54, 1.807) is 11.3 Å². The van der Waals surface area contributed by atoms with Gasteiger partial charge in [-0.15, -0.1) is 11.3 Å². The van der Waals surface area contributed by atoms with Gasteiger partial charge < -0.3 is 10.6 Å². The molecule has 0 spiro atoms. The molecular weight excluding hydrogens is 236 g/mol. The van der Waals surface area contributed by atoms with Crippen LogP contribution >= 0.6 is 11.3 Å². The third-order valence-corrected chi connectivity index (χ3v) is 3.08. The van der Waals surface area contributed by atoms with Crippen LogP contribution in [0.2, 0.25) is 0 Å². The lowest BCUT2D eigenvalue weighted by Crippen LogP contribution is -2.33. The fraction of sp³-hybridized carbons (Fsp3) is 0.455. The van der Waals surface area contributed by atoms with Gasteiger partial charge in [0.15, 0.2) is 4.96 Å². The summed E-state index contributed by atoms with van der Waals surface area (Å²) in [6, 6.07) is 0. The number of nitrogens with one attached hydrogen (secondary N) is 2. The molecule has 0 radical (unpaired) electrons. The van der Waals surface area contributed by atoms with Gasteiger partial charge in [-0.05, 0) is 6.42 Å². The summed E-state index contributed by atoms with van der Waals surface area (Å²) in [5.41, 5.74) is 0.958. The van der Waals surface area contributed by atoms with Gasteiger partial charge in [-0.2, -0.15) is 0 Å². The molecule has 0 aliphatic heterocycles. The van der Waals surface area contributed by atoms with Gasteiger partial charge in [0.2, 0.25) is 5.91 Å². The molecule has 0 fully saturated rings. The van der Waals surface area contributed by atoms with Crippen LogP contribution in [0.1, 0.15) is 19.0 Å². The van der Waals surface area contributed by atoms with Crippen molar-refractivity contribution >= 4 is 22.2 Å². The van der Waals surface area contributed by atoms with Gasteiger partial charge in [-0.3, -0.25) is 9.20 Å². The van der Waals surface area contributed by atoms with Gasteiger partial charge in [0.25, 0.3) is 0 Å². The monoisotopic (exact) mass is 252 g/mol. The molecule has 0 aliphatic carbocycles. The number of aromatic nitrogens is 2. The first-order chi connectivity index (χ1) is 8.29. The van der Waals surface area contributed by atoms with Crippen LogP contribution in [0.4, 0.5) is 0 Å². The van der Waals surface area contributed by atoms with Crippen LogP contribution < -0.4 is 10.6 Å². The van der Waals surface area contributed by atoms with Crippen molar-refractivity contribution in [3.63, 3.8) is 0 Å². The Balaban J connectivity index is 1.75. The van der Waals surface area contributed by atoms with Gasteiger partial charge in [0, 0.05) is 30.9 Å². The molecule has 0 saturated carbocycles. The Morgan fingerprint density at radius 2 is 2.47 bits per heavy atom. The van der Waals surface area contributed by atoms with Crippen molar-refractivity contribution in [3.8, 4) is 0 Å². The molecule has 1 amide bonds. The summed E-state index contributed by atoms with van der Waals surface area (Å²) in [7, 11) is 0. The Labute approximate surface area is 104 Å². The second-order valence-corrected chi connectivity index (χ2v) is 4.65. The zero-order valence-corrected chi connectivity index (χ0v) is 10.6. The van der Waals surface area contributed by atoms with Crippen LogP contribution in [-0.4, -0.2) is 28.4 Å². The van der Waals surface area contributed by atoms with Crippen molar-refractivity contribution in [2.24, 2.45) is 0 Å². The van der Waals surface area contributed by atoms with Crippen LogP contribution in [0.5, 0.6) is 0 Å². The Hall–Kier alpha value is -1.40. The Bertz CT molecular complexity index is 462. The summed E-state index contributed by atoms with van der Waals surface area (Å²) < 4.78 is 1.98. The number of imidazole rings is 1. The summed E-state index contributed by atoms with van der Waals surface area (Å²) >= 11 is 1.60. The van der Waals surface area contributed by atoms with Crippen molar-refractivity contribution in [2.75, 3.05) is 13.1 Å². The number of carbonyl (C=O) groups is 1. The van der Waals surface area contributed by atoms with Crippen molar-refractivity contribution in [1.82, 2.24) is 20.0 Å². The second kappa shape index (κ2) is 5.79.